The third kappa shape index (κ3) is 3.05. The average Bonchev–Trinajstić information content (AvgIpc) is 3.07. The number of carbonyl (C=O) groups excluding carboxylic acids is 1. The van der Waals surface area contributed by atoms with Crippen LogP contribution in [-0.2, 0) is 0 Å². The summed E-state index contributed by atoms with van der Waals surface area (Å²) in [6.07, 6.45) is 0.987. The van der Waals surface area contributed by atoms with Gasteiger partial charge in [-0.2, -0.15) is 0 Å². The molecule has 4 nitrogen and oxygen atoms in total. The van der Waals surface area contributed by atoms with Crippen molar-refractivity contribution in [3.63, 3.8) is 0 Å². The normalized spacial score (nSPS) is 18.7. The van der Waals surface area contributed by atoms with Crippen LogP contribution >= 0.6 is 38.6 Å². The van der Waals surface area contributed by atoms with E-state index in [2.05, 4.69) is 31.5 Å². The predicted molar refractivity (Wildman–Crippen MR) is 81.9 cm³/mol. The van der Waals surface area contributed by atoms with Gasteiger partial charge >= 0.3 is 0 Å². The number of aromatic nitrogens is 1. The van der Waals surface area contributed by atoms with Gasteiger partial charge in [-0.25, -0.2) is 4.98 Å². The lowest BCUT2D eigenvalue weighted by atomic mass is 10.2. The van der Waals surface area contributed by atoms with E-state index < -0.39 is 0 Å². The van der Waals surface area contributed by atoms with Crippen LogP contribution in [0.4, 0.5) is 0 Å². The molecule has 3 heterocycles. The Balaban J connectivity index is 1.71. The van der Waals surface area contributed by atoms with Gasteiger partial charge in [0, 0.05) is 18.0 Å². The fraction of sp³-hybridized carbons (Fsp3) is 0.333. The highest BCUT2D eigenvalue weighted by Gasteiger charge is 2.19. The number of carbonyl (C=O) groups is 1. The maximum atomic E-state index is 12.0. The van der Waals surface area contributed by atoms with Gasteiger partial charge < -0.3 is 10.6 Å². The summed E-state index contributed by atoms with van der Waals surface area (Å²) in [6.45, 7) is 1.82. The molecule has 1 aliphatic heterocycles. The van der Waals surface area contributed by atoms with Crippen molar-refractivity contribution in [1.82, 2.24) is 15.6 Å². The molecule has 19 heavy (non-hydrogen) atoms. The molecule has 0 bridgehead atoms. The van der Waals surface area contributed by atoms with E-state index in [9.17, 15) is 4.79 Å². The Bertz CT molecular complexity index is 589. The highest BCUT2D eigenvalue weighted by Crippen LogP contribution is 2.33. The fourth-order valence-electron chi connectivity index (χ4n) is 1.96. The van der Waals surface area contributed by atoms with E-state index in [1.54, 1.807) is 11.3 Å². The predicted octanol–water partition coefficient (Wildman–Crippen LogP) is 2.73. The molecule has 7 heteroatoms. The molecule has 3 rings (SSSR count). The van der Waals surface area contributed by atoms with Crippen molar-refractivity contribution >= 4 is 44.5 Å². The van der Waals surface area contributed by atoms with E-state index in [0.29, 0.717) is 5.69 Å². The number of nitrogens with one attached hydrogen (secondary N) is 2. The Morgan fingerprint density at radius 3 is 3.11 bits per heavy atom. The molecular formula is C12H12BrN3OS2. The molecule has 2 aromatic heterocycles. The monoisotopic (exact) mass is 357 g/mol. The minimum Gasteiger partial charge on any atom is -0.347 e. The quantitative estimate of drug-likeness (QED) is 0.887. The lowest BCUT2D eigenvalue weighted by Gasteiger charge is -2.09. The number of thiazole rings is 1. The van der Waals surface area contributed by atoms with Crippen LogP contribution in [0.3, 0.4) is 0 Å². The molecule has 1 saturated heterocycles. The number of amides is 1. The molecule has 1 unspecified atom stereocenters. The summed E-state index contributed by atoms with van der Waals surface area (Å²) in [5.41, 5.74) is 0.511. The molecule has 0 aliphatic carbocycles. The van der Waals surface area contributed by atoms with E-state index in [4.69, 9.17) is 0 Å². The van der Waals surface area contributed by atoms with Crippen LogP contribution in [0.5, 0.6) is 0 Å². The van der Waals surface area contributed by atoms with Gasteiger partial charge in [-0.15, -0.1) is 22.7 Å². The highest BCUT2D eigenvalue weighted by atomic mass is 79.9. The van der Waals surface area contributed by atoms with Gasteiger partial charge in [0.2, 0.25) is 0 Å². The highest BCUT2D eigenvalue weighted by molar-refractivity contribution is 9.11. The lowest BCUT2D eigenvalue weighted by Crippen LogP contribution is -2.36. The zero-order valence-electron chi connectivity index (χ0n) is 9.98. The van der Waals surface area contributed by atoms with Crippen molar-refractivity contribution in [3.8, 4) is 9.88 Å². The van der Waals surface area contributed by atoms with Crippen molar-refractivity contribution in [3.05, 3.63) is 27.0 Å². The van der Waals surface area contributed by atoms with Gasteiger partial charge in [-0.3, -0.25) is 4.79 Å². The minimum atomic E-state index is -0.0770. The number of nitrogens with zero attached hydrogens (tertiary/aromatic N) is 1. The number of halogens is 1. The Morgan fingerprint density at radius 2 is 2.42 bits per heavy atom. The first-order valence-electron chi connectivity index (χ1n) is 5.95. The topological polar surface area (TPSA) is 54.0 Å². The SMILES string of the molecule is O=C(NC1CCNC1)c1csc(-c2ccc(Br)s2)n1. The van der Waals surface area contributed by atoms with E-state index in [1.165, 1.54) is 11.3 Å². The summed E-state index contributed by atoms with van der Waals surface area (Å²) in [7, 11) is 0. The van der Waals surface area contributed by atoms with Gasteiger partial charge in [-0.1, -0.05) is 0 Å². The summed E-state index contributed by atoms with van der Waals surface area (Å²) in [5, 5.41) is 8.94. The summed E-state index contributed by atoms with van der Waals surface area (Å²) in [6, 6.07) is 4.23. The average molecular weight is 358 g/mol. The molecule has 1 aliphatic rings. The molecular weight excluding hydrogens is 346 g/mol. The van der Waals surface area contributed by atoms with Crippen LogP contribution in [0.1, 0.15) is 16.9 Å². The number of rotatable bonds is 3. The maximum absolute atomic E-state index is 12.0. The smallest absolute Gasteiger partial charge is 0.271 e. The summed E-state index contributed by atoms with van der Waals surface area (Å²) < 4.78 is 1.07. The Labute approximate surface area is 127 Å². The molecule has 2 aromatic rings. The van der Waals surface area contributed by atoms with Crippen molar-refractivity contribution < 1.29 is 4.79 Å². The van der Waals surface area contributed by atoms with E-state index in [0.717, 1.165) is 33.2 Å². The standard InChI is InChI=1S/C12H12BrN3OS2/c13-10-2-1-9(19-10)12-16-8(6-18-12)11(17)15-7-3-4-14-5-7/h1-2,6-7,14H,3-5H2,(H,15,17). The van der Waals surface area contributed by atoms with Crippen molar-refractivity contribution in [2.24, 2.45) is 0 Å². The molecule has 0 saturated carbocycles. The second-order valence-corrected chi connectivity index (χ2v) is 7.63. The Hall–Kier alpha value is -0.760. The molecule has 0 spiro atoms. The van der Waals surface area contributed by atoms with Gasteiger partial charge in [0.05, 0.1) is 8.66 Å². The summed E-state index contributed by atoms with van der Waals surface area (Å²) in [4.78, 5) is 17.5. The number of hydrogen-bond acceptors (Lipinski definition) is 5. The van der Waals surface area contributed by atoms with Crippen molar-refractivity contribution in [1.29, 1.82) is 0 Å². The van der Waals surface area contributed by atoms with Crippen molar-refractivity contribution in [2.75, 3.05) is 13.1 Å². The first-order chi connectivity index (χ1) is 9.22. The first kappa shape index (κ1) is 13.2. The number of hydrogen-bond donors (Lipinski definition) is 2. The zero-order chi connectivity index (χ0) is 13.2. The zero-order valence-corrected chi connectivity index (χ0v) is 13.2. The second kappa shape index (κ2) is 5.70. The van der Waals surface area contributed by atoms with Crippen LogP contribution in [0, 0.1) is 0 Å². The van der Waals surface area contributed by atoms with Crippen LogP contribution in [0.15, 0.2) is 21.3 Å². The van der Waals surface area contributed by atoms with Crippen molar-refractivity contribution in [2.45, 2.75) is 12.5 Å². The van der Waals surface area contributed by atoms with Crippen LogP contribution in [0.2, 0.25) is 0 Å². The molecule has 0 aromatic carbocycles. The van der Waals surface area contributed by atoms with E-state index in [1.807, 2.05) is 17.5 Å². The Morgan fingerprint density at radius 1 is 1.53 bits per heavy atom. The van der Waals surface area contributed by atoms with Crippen LogP contribution in [0.25, 0.3) is 9.88 Å². The molecule has 1 amide bonds. The largest absolute Gasteiger partial charge is 0.347 e. The summed E-state index contributed by atoms with van der Waals surface area (Å²) >= 11 is 6.56. The second-order valence-electron chi connectivity index (χ2n) is 4.30. The lowest BCUT2D eigenvalue weighted by molar-refractivity contribution is 0.0936. The molecule has 100 valence electrons. The molecule has 0 radical (unpaired) electrons. The Kier molecular flexibility index (Phi) is 3.97. The van der Waals surface area contributed by atoms with Gasteiger partial charge in [0.15, 0.2) is 0 Å². The molecule has 2 N–H and O–H groups in total. The summed E-state index contributed by atoms with van der Waals surface area (Å²) in [5.74, 6) is -0.0770. The van der Waals surface area contributed by atoms with E-state index >= 15 is 0 Å². The van der Waals surface area contributed by atoms with Gasteiger partial charge in [0.1, 0.15) is 10.7 Å². The molecule has 1 fully saturated rings. The fourth-order valence-corrected chi connectivity index (χ4v) is 4.22. The van der Waals surface area contributed by atoms with E-state index in [-0.39, 0.29) is 11.9 Å². The third-order valence-corrected chi connectivity index (χ3v) is 5.55. The maximum Gasteiger partial charge on any atom is 0.271 e. The number of thiophene rings is 1. The van der Waals surface area contributed by atoms with Crippen LogP contribution < -0.4 is 10.6 Å². The minimum absolute atomic E-state index is 0.0770. The first-order valence-corrected chi connectivity index (χ1v) is 8.44. The van der Waals surface area contributed by atoms with Gasteiger partial charge in [-0.05, 0) is 41.0 Å². The van der Waals surface area contributed by atoms with Crippen LogP contribution in [-0.4, -0.2) is 30.0 Å². The molecule has 1 atom stereocenters. The van der Waals surface area contributed by atoms with Gasteiger partial charge in [0.25, 0.3) is 5.91 Å². The third-order valence-electron chi connectivity index (χ3n) is 2.92.